The summed E-state index contributed by atoms with van der Waals surface area (Å²) in [6.45, 7) is 6.35. The van der Waals surface area contributed by atoms with E-state index in [9.17, 15) is 10.2 Å². The Hall–Kier alpha value is -4.74. The molecule has 5 aromatic rings. The SMILES string of the molecule is C#Cc1ccc(C(O)c2ccc(C(c3ccc(C(O)c4ccc(C#C)cc4)[nH]3)c3c(C)cc(C)cc3C)[nH]2)cc1. The highest BCUT2D eigenvalue weighted by Gasteiger charge is 2.26. The third-order valence-corrected chi connectivity index (χ3v) is 7.49. The standard InChI is InChI=1S/C36H32N2O2/c1-6-25-8-12-27(13-9-25)35(39)31-18-16-29(37-31)34(33-23(4)20-22(3)21-24(33)5)30-17-19-32(38-30)36(40)28-14-10-26(7-2)11-15-28/h1-2,8-21,34-40H,3-5H3. The molecule has 2 unspecified atom stereocenters. The first kappa shape index (κ1) is 26.9. The van der Waals surface area contributed by atoms with E-state index in [0.717, 1.165) is 33.6 Å². The number of terminal acetylenes is 2. The third-order valence-electron chi connectivity index (χ3n) is 7.49. The van der Waals surface area contributed by atoms with Gasteiger partial charge in [0.1, 0.15) is 12.2 Å². The Bertz CT molecular complexity index is 1600. The highest BCUT2D eigenvalue weighted by atomic mass is 16.3. The summed E-state index contributed by atoms with van der Waals surface area (Å²) in [5.41, 5.74) is 11.0. The van der Waals surface area contributed by atoms with Crippen molar-refractivity contribution in [2.45, 2.75) is 38.9 Å². The van der Waals surface area contributed by atoms with E-state index in [1.165, 1.54) is 22.3 Å². The van der Waals surface area contributed by atoms with Gasteiger partial charge in [-0.2, -0.15) is 0 Å². The minimum atomic E-state index is -0.826. The highest BCUT2D eigenvalue weighted by molar-refractivity contribution is 5.49. The number of benzene rings is 3. The lowest BCUT2D eigenvalue weighted by Gasteiger charge is -2.22. The van der Waals surface area contributed by atoms with Crippen molar-refractivity contribution in [1.29, 1.82) is 0 Å². The van der Waals surface area contributed by atoms with E-state index in [-0.39, 0.29) is 5.92 Å². The van der Waals surface area contributed by atoms with Crippen LogP contribution in [-0.4, -0.2) is 20.2 Å². The lowest BCUT2D eigenvalue weighted by Crippen LogP contribution is -2.10. The quantitative estimate of drug-likeness (QED) is 0.182. The second-order valence-electron chi connectivity index (χ2n) is 10.3. The van der Waals surface area contributed by atoms with Crippen molar-refractivity contribution in [3.8, 4) is 24.7 Å². The lowest BCUT2D eigenvalue weighted by atomic mass is 9.85. The van der Waals surface area contributed by atoms with Crippen LogP contribution in [0.5, 0.6) is 0 Å². The number of H-pyrrole nitrogens is 2. The molecular weight excluding hydrogens is 492 g/mol. The molecule has 198 valence electrons. The fourth-order valence-electron chi connectivity index (χ4n) is 5.52. The second-order valence-corrected chi connectivity index (χ2v) is 10.3. The van der Waals surface area contributed by atoms with Crippen molar-refractivity contribution in [3.63, 3.8) is 0 Å². The van der Waals surface area contributed by atoms with Crippen LogP contribution in [0, 0.1) is 45.5 Å². The maximum atomic E-state index is 11.1. The van der Waals surface area contributed by atoms with Crippen molar-refractivity contribution in [2.24, 2.45) is 0 Å². The van der Waals surface area contributed by atoms with Gasteiger partial charge in [-0.1, -0.05) is 53.8 Å². The van der Waals surface area contributed by atoms with Gasteiger partial charge in [-0.3, -0.25) is 0 Å². The number of aliphatic hydroxyl groups is 2. The van der Waals surface area contributed by atoms with Crippen LogP contribution >= 0.6 is 0 Å². The van der Waals surface area contributed by atoms with Crippen LogP contribution in [0.3, 0.4) is 0 Å². The molecule has 0 aliphatic heterocycles. The second kappa shape index (κ2) is 11.2. The van der Waals surface area contributed by atoms with Gasteiger partial charge >= 0.3 is 0 Å². The van der Waals surface area contributed by atoms with E-state index in [4.69, 9.17) is 12.8 Å². The normalized spacial score (nSPS) is 13.3. The Labute approximate surface area is 235 Å². The molecule has 0 spiro atoms. The smallest absolute Gasteiger partial charge is 0.119 e. The first-order chi connectivity index (χ1) is 19.3. The number of aromatic amines is 2. The molecule has 4 N–H and O–H groups in total. The molecule has 0 saturated carbocycles. The Morgan fingerprint density at radius 1 is 0.575 bits per heavy atom. The number of hydrogen-bond acceptors (Lipinski definition) is 2. The molecular formula is C36H32N2O2. The van der Waals surface area contributed by atoms with Crippen LogP contribution in [0.25, 0.3) is 0 Å². The van der Waals surface area contributed by atoms with Gasteiger partial charge in [0, 0.05) is 33.9 Å². The van der Waals surface area contributed by atoms with Crippen molar-refractivity contribution < 1.29 is 10.2 Å². The average Bonchev–Trinajstić information content (AvgIpc) is 3.65. The van der Waals surface area contributed by atoms with Crippen molar-refractivity contribution in [1.82, 2.24) is 9.97 Å². The van der Waals surface area contributed by atoms with Gasteiger partial charge in [0.15, 0.2) is 0 Å². The van der Waals surface area contributed by atoms with Crippen molar-refractivity contribution in [3.05, 3.63) is 152 Å². The Kier molecular flexibility index (Phi) is 7.50. The molecule has 2 aromatic heterocycles. The molecule has 4 heteroatoms. The van der Waals surface area contributed by atoms with Crippen molar-refractivity contribution in [2.75, 3.05) is 0 Å². The van der Waals surface area contributed by atoms with Gasteiger partial charge in [0.2, 0.25) is 0 Å². The van der Waals surface area contributed by atoms with E-state index in [1.807, 2.05) is 72.8 Å². The summed E-state index contributed by atoms with van der Waals surface area (Å²) in [5, 5.41) is 22.3. The molecule has 4 nitrogen and oxygen atoms in total. The molecule has 0 aliphatic carbocycles. The Morgan fingerprint density at radius 2 is 0.950 bits per heavy atom. The average molecular weight is 525 g/mol. The van der Waals surface area contributed by atoms with Crippen LogP contribution in [0.1, 0.15) is 85.4 Å². The minimum absolute atomic E-state index is 0.171. The van der Waals surface area contributed by atoms with E-state index >= 15 is 0 Å². The molecule has 40 heavy (non-hydrogen) atoms. The Balaban J connectivity index is 1.54. The molecule has 2 heterocycles. The van der Waals surface area contributed by atoms with Gasteiger partial charge < -0.3 is 20.2 Å². The predicted octanol–water partition coefficient (Wildman–Crippen LogP) is 6.57. The highest BCUT2D eigenvalue weighted by Crippen LogP contribution is 2.37. The van der Waals surface area contributed by atoms with Gasteiger partial charge in [0.25, 0.3) is 0 Å². The van der Waals surface area contributed by atoms with Crippen LogP contribution in [-0.2, 0) is 0 Å². The summed E-state index contributed by atoms with van der Waals surface area (Å²) < 4.78 is 0. The van der Waals surface area contributed by atoms with E-state index < -0.39 is 12.2 Å². The lowest BCUT2D eigenvalue weighted by molar-refractivity contribution is 0.216. The van der Waals surface area contributed by atoms with Crippen LogP contribution in [0.2, 0.25) is 0 Å². The molecule has 0 bridgehead atoms. The van der Waals surface area contributed by atoms with Crippen molar-refractivity contribution >= 4 is 0 Å². The molecule has 2 atom stereocenters. The fourth-order valence-corrected chi connectivity index (χ4v) is 5.52. The summed E-state index contributed by atoms with van der Waals surface area (Å²) in [6.07, 6.45) is 9.33. The minimum Gasteiger partial charge on any atom is -0.382 e. The monoisotopic (exact) mass is 524 g/mol. The molecule has 0 aliphatic rings. The predicted molar refractivity (Wildman–Crippen MR) is 160 cm³/mol. The first-order valence-electron chi connectivity index (χ1n) is 13.2. The fraction of sp³-hybridized carbons (Fsp3) is 0.167. The molecule has 0 radical (unpaired) electrons. The summed E-state index contributed by atoms with van der Waals surface area (Å²) in [5.74, 6) is 5.05. The zero-order valence-electron chi connectivity index (χ0n) is 22.9. The van der Waals surface area contributed by atoms with E-state index in [0.29, 0.717) is 11.4 Å². The number of hydrogen-bond donors (Lipinski definition) is 4. The topological polar surface area (TPSA) is 72.0 Å². The summed E-state index contributed by atoms with van der Waals surface area (Å²) in [7, 11) is 0. The first-order valence-corrected chi connectivity index (χ1v) is 13.2. The summed E-state index contributed by atoms with van der Waals surface area (Å²) in [4.78, 5) is 6.99. The Morgan fingerprint density at radius 3 is 1.32 bits per heavy atom. The summed E-state index contributed by atoms with van der Waals surface area (Å²) >= 11 is 0. The van der Waals surface area contributed by atoms with Crippen LogP contribution in [0.15, 0.2) is 84.9 Å². The molecule has 0 saturated heterocycles. The van der Waals surface area contributed by atoms with Gasteiger partial charge in [-0.05, 0) is 97.1 Å². The third kappa shape index (κ3) is 5.24. The number of aliphatic hydroxyl groups excluding tert-OH is 2. The van der Waals surface area contributed by atoms with Gasteiger partial charge in [0.05, 0.1) is 5.92 Å². The molecule has 0 fully saturated rings. The zero-order valence-corrected chi connectivity index (χ0v) is 22.9. The molecule has 3 aromatic carbocycles. The molecule has 5 rings (SSSR count). The van der Waals surface area contributed by atoms with E-state index in [1.54, 1.807) is 0 Å². The maximum absolute atomic E-state index is 11.1. The van der Waals surface area contributed by atoms with Crippen LogP contribution in [0.4, 0.5) is 0 Å². The number of nitrogens with one attached hydrogen (secondary N) is 2. The zero-order chi connectivity index (χ0) is 28.4. The number of rotatable bonds is 7. The van der Waals surface area contributed by atoms with E-state index in [2.05, 4.69) is 54.7 Å². The summed E-state index contributed by atoms with van der Waals surface area (Å²) in [6, 6.07) is 27.0. The number of aromatic nitrogens is 2. The molecule has 0 amide bonds. The maximum Gasteiger partial charge on any atom is 0.119 e. The number of aryl methyl sites for hydroxylation is 3. The van der Waals surface area contributed by atoms with Gasteiger partial charge in [-0.25, -0.2) is 0 Å². The van der Waals surface area contributed by atoms with Gasteiger partial charge in [-0.15, -0.1) is 12.8 Å². The van der Waals surface area contributed by atoms with Crippen LogP contribution < -0.4 is 0 Å². The largest absolute Gasteiger partial charge is 0.382 e.